The number of hydrogen-bond acceptors (Lipinski definition) is 6. The van der Waals surface area contributed by atoms with Gasteiger partial charge in [0.25, 0.3) is 12.0 Å². The molecule has 2 heterocycles. The first-order chi connectivity index (χ1) is 22.2. The van der Waals surface area contributed by atoms with Gasteiger partial charge in [0.2, 0.25) is 15.9 Å². The van der Waals surface area contributed by atoms with Crippen LogP contribution in [-0.4, -0.2) is 45.3 Å². The number of nitrogens with one attached hydrogen (secondary N) is 2. The monoisotopic (exact) mass is 754 g/mol. The summed E-state index contributed by atoms with van der Waals surface area (Å²) in [5, 5.41) is 6.17. The van der Waals surface area contributed by atoms with Gasteiger partial charge in [-0.25, -0.2) is 31.0 Å². The fourth-order valence-electron chi connectivity index (χ4n) is 5.43. The molecule has 0 spiro atoms. The second-order valence-corrected chi connectivity index (χ2v) is 14.3. The molecule has 1 unspecified atom stereocenters. The van der Waals surface area contributed by atoms with Crippen molar-refractivity contribution < 1.29 is 30.8 Å². The van der Waals surface area contributed by atoms with Gasteiger partial charge in [-0.15, -0.1) is 0 Å². The van der Waals surface area contributed by atoms with Crippen LogP contribution in [0.2, 0.25) is 5.02 Å². The summed E-state index contributed by atoms with van der Waals surface area (Å²) >= 11 is 9.89. The third-order valence-corrected chi connectivity index (χ3v) is 10.1. The number of carbonyl (C=O) groups excluding carboxylic acids is 1. The van der Waals surface area contributed by atoms with Gasteiger partial charge in [-0.3, -0.25) is 23.6 Å². The summed E-state index contributed by atoms with van der Waals surface area (Å²) in [7, 11) is -3.92. The van der Waals surface area contributed by atoms with E-state index in [0.29, 0.717) is 23.4 Å². The fourth-order valence-corrected chi connectivity index (χ4v) is 7.36. The maximum Gasteiger partial charge on any atom is 0.266 e. The number of anilines is 1. The van der Waals surface area contributed by atoms with Crippen molar-refractivity contribution in [1.29, 1.82) is 0 Å². The molecule has 2 aromatic heterocycles. The molecule has 1 atom stereocenters. The lowest BCUT2D eigenvalue weighted by atomic mass is 10.0. The first-order valence-electron chi connectivity index (χ1n) is 14.1. The van der Waals surface area contributed by atoms with E-state index in [9.17, 15) is 35.6 Å². The zero-order chi connectivity index (χ0) is 33.8. The van der Waals surface area contributed by atoms with Gasteiger partial charge in [-0.05, 0) is 60.9 Å². The van der Waals surface area contributed by atoms with Crippen LogP contribution in [0.3, 0.4) is 0 Å². The van der Waals surface area contributed by atoms with Gasteiger partial charge in [0, 0.05) is 23.9 Å². The number of hydrogen-bond donors (Lipinski definition) is 2. The molecule has 0 radical (unpaired) electrons. The molecule has 0 saturated heterocycles. The molecule has 0 aliphatic heterocycles. The van der Waals surface area contributed by atoms with Crippen molar-refractivity contribution in [2.45, 2.75) is 50.4 Å². The highest BCUT2D eigenvalue weighted by atomic mass is 79.9. The lowest BCUT2D eigenvalue weighted by Crippen LogP contribution is -2.35. The number of benzene rings is 3. The SMILES string of the molecule is CC(=O)NC(Cc1cc(F)cc(F)c1)c1nc2cc(Br)ccc2c(=O)n1-c1ccc(Cl)c2c(NS(=O)(=O)C3CC3)nn(CC(F)F)c12. The van der Waals surface area contributed by atoms with Crippen LogP contribution >= 0.6 is 27.5 Å². The fraction of sp³-hybridized carbons (Fsp3) is 0.267. The van der Waals surface area contributed by atoms with Crippen LogP contribution in [0.5, 0.6) is 0 Å². The number of carbonyl (C=O) groups is 1. The molecule has 1 aliphatic rings. The number of amides is 1. The quantitative estimate of drug-likeness (QED) is 0.168. The summed E-state index contributed by atoms with van der Waals surface area (Å²) < 4.78 is 86.9. The molecule has 1 amide bonds. The predicted octanol–water partition coefficient (Wildman–Crippen LogP) is 6.02. The van der Waals surface area contributed by atoms with Crippen LogP contribution in [0.4, 0.5) is 23.4 Å². The van der Waals surface area contributed by atoms with E-state index < -0.39 is 57.4 Å². The molecule has 3 aromatic carbocycles. The Bertz CT molecular complexity index is 2220. The van der Waals surface area contributed by atoms with Gasteiger partial charge >= 0.3 is 0 Å². The topological polar surface area (TPSA) is 128 Å². The first kappa shape index (κ1) is 32.9. The number of alkyl halides is 2. The Kier molecular flexibility index (Phi) is 8.78. The lowest BCUT2D eigenvalue weighted by molar-refractivity contribution is -0.119. The molecule has 6 rings (SSSR count). The standard InChI is InChI=1S/C30H24BrClF4N6O4S/c1-14(43)37-23(10-15-8-17(33)12-18(34)9-15)29-38-22-11-16(31)2-5-20(22)30(44)42(29)24-7-6-21(32)26-27(24)41(13-25(35)36)39-28(26)40-47(45,46)19-3-4-19/h2,5-9,11-12,19,23,25H,3-4,10,13H2,1H3,(H,37,43)(H,39,40). The van der Waals surface area contributed by atoms with E-state index in [-0.39, 0.29) is 56.1 Å². The van der Waals surface area contributed by atoms with Crippen LogP contribution in [0.15, 0.2) is 57.8 Å². The molecule has 10 nitrogen and oxygen atoms in total. The molecule has 246 valence electrons. The smallest absolute Gasteiger partial charge is 0.266 e. The maximum absolute atomic E-state index is 14.4. The molecule has 17 heteroatoms. The van der Waals surface area contributed by atoms with Gasteiger partial charge in [0.05, 0.1) is 43.8 Å². The van der Waals surface area contributed by atoms with Crippen molar-refractivity contribution in [1.82, 2.24) is 24.6 Å². The average molecular weight is 756 g/mol. The van der Waals surface area contributed by atoms with Crippen molar-refractivity contribution in [3.05, 3.63) is 91.4 Å². The van der Waals surface area contributed by atoms with Crippen LogP contribution in [0.25, 0.3) is 27.5 Å². The van der Waals surface area contributed by atoms with Crippen LogP contribution in [0, 0.1) is 11.6 Å². The van der Waals surface area contributed by atoms with Gasteiger partial charge < -0.3 is 5.32 Å². The Morgan fingerprint density at radius 1 is 1.11 bits per heavy atom. The lowest BCUT2D eigenvalue weighted by Gasteiger charge is -2.23. The molecule has 0 bridgehead atoms. The zero-order valence-electron chi connectivity index (χ0n) is 24.3. The van der Waals surface area contributed by atoms with Gasteiger partial charge in [0.15, 0.2) is 5.82 Å². The molecule has 1 saturated carbocycles. The average Bonchev–Trinajstić information content (AvgIpc) is 3.77. The Morgan fingerprint density at radius 3 is 2.45 bits per heavy atom. The van der Waals surface area contributed by atoms with E-state index in [2.05, 4.69) is 31.1 Å². The molecular formula is C30H24BrClF4N6O4S. The summed E-state index contributed by atoms with van der Waals surface area (Å²) in [6, 6.07) is 8.97. The van der Waals surface area contributed by atoms with E-state index in [4.69, 9.17) is 16.6 Å². The largest absolute Gasteiger partial charge is 0.346 e. The first-order valence-corrected chi connectivity index (χ1v) is 16.9. The number of halogens is 6. The number of rotatable bonds is 10. The molecule has 47 heavy (non-hydrogen) atoms. The number of sulfonamides is 1. The van der Waals surface area contributed by atoms with Crippen molar-refractivity contribution in [3.8, 4) is 5.69 Å². The summed E-state index contributed by atoms with van der Waals surface area (Å²) in [6.07, 6.45) is -2.35. The van der Waals surface area contributed by atoms with Crippen LogP contribution in [-0.2, 0) is 27.8 Å². The minimum atomic E-state index is -3.92. The van der Waals surface area contributed by atoms with Gasteiger partial charge in [0.1, 0.15) is 24.0 Å². The zero-order valence-corrected chi connectivity index (χ0v) is 27.4. The number of nitrogens with zero attached hydrogens (tertiary/aromatic N) is 4. The molecule has 5 aromatic rings. The Morgan fingerprint density at radius 2 is 1.81 bits per heavy atom. The number of aromatic nitrogens is 4. The number of fused-ring (bicyclic) bond motifs is 2. The second-order valence-electron chi connectivity index (χ2n) is 11.1. The van der Waals surface area contributed by atoms with Crippen molar-refractivity contribution in [2.24, 2.45) is 0 Å². The van der Waals surface area contributed by atoms with Crippen LogP contribution in [0.1, 0.15) is 37.2 Å². The van der Waals surface area contributed by atoms with Gasteiger partial charge in [-0.2, -0.15) is 5.10 Å². The van der Waals surface area contributed by atoms with E-state index in [1.165, 1.54) is 25.1 Å². The van der Waals surface area contributed by atoms with Gasteiger partial charge in [-0.1, -0.05) is 27.5 Å². The second kappa shape index (κ2) is 12.5. The summed E-state index contributed by atoms with van der Waals surface area (Å²) in [4.78, 5) is 31.5. The molecular weight excluding hydrogens is 732 g/mol. The minimum Gasteiger partial charge on any atom is -0.346 e. The summed E-state index contributed by atoms with van der Waals surface area (Å²) in [6.45, 7) is 0.209. The third-order valence-electron chi connectivity index (χ3n) is 7.48. The maximum atomic E-state index is 14.4. The van der Waals surface area contributed by atoms with E-state index >= 15 is 0 Å². The predicted molar refractivity (Wildman–Crippen MR) is 172 cm³/mol. The van der Waals surface area contributed by atoms with Crippen LogP contribution < -0.4 is 15.6 Å². The Labute approximate surface area is 277 Å². The highest BCUT2D eigenvalue weighted by Gasteiger charge is 2.37. The van der Waals surface area contributed by atoms with Crippen molar-refractivity contribution in [3.63, 3.8) is 0 Å². The Hall–Kier alpha value is -4.02. The summed E-state index contributed by atoms with van der Waals surface area (Å²) in [5.41, 5.74) is -0.552. The normalized spacial score (nSPS) is 14.2. The summed E-state index contributed by atoms with van der Waals surface area (Å²) in [5.74, 6) is -2.73. The highest BCUT2D eigenvalue weighted by molar-refractivity contribution is 9.10. The highest BCUT2D eigenvalue weighted by Crippen LogP contribution is 2.38. The van der Waals surface area contributed by atoms with E-state index in [1.807, 2.05) is 0 Å². The van der Waals surface area contributed by atoms with Crippen molar-refractivity contribution >= 4 is 71.1 Å². The molecule has 1 aliphatic carbocycles. The van der Waals surface area contributed by atoms with E-state index in [0.717, 1.165) is 21.4 Å². The Balaban J connectivity index is 1.67. The molecule has 2 N–H and O–H groups in total. The third kappa shape index (κ3) is 6.71. The molecule has 1 fully saturated rings. The van der Waals surface area contributed by atoms with E-state index in [1.54, 1.807) is 12.1 Å². The minimum absolute atomic E-state index is 0.0429. The van der Waals surface area contributed by atoms with Crippen molar-refractivity contribution in [2.75, 3.05) is 4.72 Å².